The highest BCUT2D eigenvalue weighted by atomic mass is 15.2. The van der Waals surface area contributed by atoms with Crippen LogP contribution in [0.1, 0.15) is 12.0 Å². The van der Waals surface area contributed by atoms with Crippen molar-refractivity contribution in [1.29, 1.82) is 0 Å². The van der Waals surface area contributed by atoms with Gasteiger partial charge < -0.3 is 4.90 Å². The van der Waals surface area contributed by atoms with E-state index >= 15 is 0 Å². The van der Waals surface area contributed by atoms with Crippen molar-refractivity contribution in [3.8, 4) is 55.6 Å². The van der Waals surface area contributed by atoms with Crippen LogP contribution < -0.4 is 4.90 Å². The van der Waals surface area contributed by atoms with Gasteiger partial charge in [-0.1, -0.05) is 152 Å². The molecule has 2 aliphatic rings. The van der Waals surface area contributed by atoms with Crippen LogP contribution in [-0.2, 0) is 0 Å². The van der Waals surface area contributed by atoms with E-state index in [9.17, 15) is 0 Å². The molecule has 0 radical (unpaired) electrons. The van der Waals surface area contributed by atoms with Gasteiger partial charge in [-0.15, -0.1) is 0 Å². The van der Waals surface area contributed by atoms with Crippen LogP contribution in [0.3, 0.4) is 0 Å². The molecule has 3 nitrogen and oxygen atoms in total. The van der Waals surface area contributed by atoms with Crippen molar-refractivity contribution < 1.29 is 0 Å². The molecule has 2 heterocycles. The molecule has 0 amide bonds. The molecule has 57 heavy (non-hydrogen) atoms. The van der Waals surface area contributed by atoms with Crippen molar-refractivity contribution >= 4 is 38.5 Å². The Morgan fingerprint density at radius 1 is 0.421 bits per heavy atom. The standard InChI is InChI=1S/C54H37N3/c1-3-12-37(13-4-1)50-46-19-7-8-20-47(46)51(38-14-5-2-6-15-38)54-49-28-27-44(45-21-10-22-48(52(45)49)53(50)54)39-16-9-18-43(34-39)57(42-29-32-55-33-30-42)41-25-23-36(24-26-41)40-17-11-31-56-35-40/h1-17,19-35,43H,18H2. The van der Waals surface area contributed by atoms with Gasteiger partial charge in [-0.3, -0.25) is 9.97 Å². The molecule has 7 aromatic carbocycles. The van der Waals surface area contributed by atoms with Crippen LogP contribution in [0.2, 0.25) is 0 Å². The minimum Gasteiger partial charge on any atom is -0.334 e. The predicted molar refractivity (Wildman–Crippen MR) is 238 cm³/mol. The summed E-state index contributed by atoms with van der Waals surface area (Å²) in [6, 6.07) is 59.8. The monoisotopic (exact) mass is 727 g/mol. The fourth-order valence-corrected chi connectivity index (χ4v) is 9.27. The number of fused-ring (bicyclic) bond motifs is 4. The molecule has 0 bridgehead atoms. The van der Waals surface area contributed by atoms with Crippen LogP contribution in [-0.4, -0.2) is 16.0 Å². The lowest BCUT2D eigenvalue weighted by atomic mass is 9.82. The highest BCUT2D eigenvalue weighted by Crippen LogP contribution is 2.58. The number of benzene rings is 7. The van der Waals surface area contributed by atoms with E-state index in [1.807, 2.05) is 30.9 Å². The van der Waals surface area contributed by atoms with Gasteiger partial charge in [-0.05, 0) is 125 Å². The summed E-state index contributed by atoms with van der Waals surface area (Å²) in [6.07, 6.45) is 15.5. The van der Waals surface area contributed by atoms with Crippen molar-refractivity contribution in [3.05, 3.63) is 212 Å². The average molecular weight is 728 g/mol. The molecule has 1 atom stereocenters. The number of hydrogen-bond donors (Lipinski definition) is 0. The summed E-state index contributed by atoms with van der Waals surface area (Å²) in [5.41, 5.74) is 17.3. The smallest absolute Gasteiger partial charge is 0.0565 e. The molecule has 1 unspecified atom stereocenters. The summed E-state index contributed by atoms with van der Waals surface area (Å²) in [4.78, 5) is 11.1. The molecule has 0 saturated heterocycles. The third-order valence-electron chi connectivity index (χ3n) is 11.7. The molecule has 3 heteroatoms. The molecule has 0 N–H and O–H groups in total. The zero-order valence-corrected chi connectivity index (χ0v) is 31.3. The van der Waals surface area contributed by atoms with E-state index in [0.29, 0.717) is 0 Å². The average Bonchev–Trinajstić information content (AvgIpc) is 3.62. The van der Waals surface area contributed by atoms with Gasteiger partial charge in [0.15, 0.2) is 0 Å². The molecule has 0 saturated carbocycles. The van der Waals surface area contributed by atoms with Crippen LogP contribution >= 0.6 is 0 Å². The van der Waals surface area contributed by atoms with Crippen LogP contribution in [0.25, 0.3) is 82.8 Å². The molecule has 11 rings (SSSR count). The molecule has 0 aliphatic heterocycles. The molecule has 2 aliphatic carbocycles. The molecule has 0 spiro atoms. The second-order valence-corrected chi connectivity index (χ2v) is 14.9. The van der Waals surface area contributed by atoms with Gasteiger partial charge in [-0.25, -0.2) is 0 Å². The minimum absolute atomic E-state index is 0.0940. The van der Waals surface area contributed by atoms with Crippen LogP contribution in [0.4, 0.5) is 11.4 Å². The number of allylic oxidation sites excluding steroid dienone is 2. The highest BCUT2D eigenvalue weighted by Gasteiger charge is 2.31. The van der Waals surface area contributed by atoms with Crippen LogP contribution in [0, 0.1) is 0 Å². The number of hydrogen-bond acceptors (Lipinski definition) is 3. The molecule has 0 fully saturated rings. The Kier molecular flexibility index (Phi) is 7.96. The van der Waals surface area contributed by atoms with E-state index in [2.05, 4.69) is 191 Å². The fraction of sp³-hybridized carbons (Fsp3) is 0.0370. The Morgan fingerprint density at radius 3 is 1.68 bits per heavy atom. The summed E-state index contributed by atoms with van der Waals surface area (Å²) in [5.74, 6) is 0. The van der Waals surface area contributed by atoms with Gasteiger partial charge in [0.05, 0.1) is 6.04 Å². The summed E-state index contributed by atoms with van der Waals surface area (Å²) in [5, 5.41) is 5.15. The third-order valence-corrected chi connectivity index (χ3v) is 11.7. The quantitative estimate of drug-likeness (QED) is 0.164. The molecular weight excluding hydrogens is 691 g/mol. The summed E-state index contributed by atoms with van der Waals surface area (Å²) in [6.45, 7) is 0. The lowest BCUT2D eigenvalue weighted by Crippen LogP contribution is -2.30. The predicted octanol–water partition coefficient (Wildman–Crippen LogP) is 14.0. The lowest BCUT2D eigenvalue weighted by Gasteiger charge is -2.33. The van der Waals surface area contributed by atoms with Gasteiger partial charge in [0, 0.05) is 36.2 Å². The van der Waals surface area contributed by atoms with Gasteiger partial charge >= 0.3 is 0 Å². The van der Waals surface area contributed by atoms with E-state index in [1.54, 1.807) is 0 Å². The van der Waals surface area contributed by atoms with E-state index in [-0.39, 0.29) is 6.04 Å². The Morgan fingerprint density at radius 2 is 1.02 bits per heavy atom. The minimum atomic E-state index is 0.0940. The lowest BCUT2D eigenvalue weighted by molar-refractivity contribution is 0.787. The van der Waals surface area contributed by atoms with Crippen molar-refractivity contribution in [2.45, 2.75) is 12.5 Å². The maximum atomic E-state index is 4.36. The number of anilines is 2. The van der Waals surface area contributed by atoms with Gasteiger partial charge in [0.25, 0.3) is 0 Å². The summed E-state index contributed by atoms with van der Waals surface area (Å²) >= 11 is 0. The van der Waals surface area contributed by atoms with E-state index < -0.39 is 0 Å². The topological polar surface area (TPSA) is 29.0 Å². The van der Waals surface area contributed by atoms with Gasteiger partial charge in [0.2, 0.25) is 0 Å². The fourth-order valence-electron chi connectivity index (χ4n) is 9.27. The largest absolute Gasteiger partial charge is 0.334 e. The maximum Gasteiger partial charge on any atom is 0.0565 e. The number of pyridine rings is 2. The zero-order valence-electron chi connectivity index (χ0n) is 31.3. The number of nitrogens with zero attached hydrogens (tertiary/aromatic N) is 3. The maximum absolute atomic E-state index is 4.36. The normalized spacial score (nSPS) is 14.1. The van der Waals surface area contributed by atoms with Crippen molar-refractivity contribution in [3.63, 3.8) is 0 Å². The Labute approximate surface area is 332 Å². The first-order chi connectivity index (χ1) is 28.3. The van der Waals surface area contributed by atoms with Gasteiger partial charge in [0.1, 0.15) is 0 Å². The first-order valence-corrected chi connectivity index (χ1v) is 19.7. The Hall–Kier alpha value is -7.36. The number of aromatic nitrogens is 2. The van der Waals surface area contributed by atoms with Crippen LogP contribution in [0.15, 0.2) is 207 Å². The van der Waals surface area contributed by atoms with Crippen molar-refractivity contribution in [1.82, 2.24) is 9.97 Å². The second-order valence-electron chi connectivity index (χ2n) is 14.9. The van der Waals surface area contributed by atoms with Gasteiger partial charge in [-0.2, -0.15) is 0 Å². The van der Waals surface area contributed by atoms with Crippen molar-refractivity contribution in [2.24, 2.45) is 0 Å². The van der Waals surface area contributed by atoms with Crippen molar-refractivity contribution in [2.75, 3.05) is 4.90 Å². The van der Waals surface area contributed by atoms with Crippen LogP contribution in [0.5, 0.6) is 0 Å². The van der Waals surface area contributed by atoms with E-state index in [1.165, 1.54) is 77.2 Å². The number of rotatable bonds is 7. The second kappa shape index (κ2) is 13.7. The zero-order chi connectivity index (χ0) is 37.7. The Balaban J connectivity index is 1.09. The first-order valence-electron chi connectivity index (χ1n) is 19.7. The SMILES string of the molecule is C1=CC(c2ccc3c4c(cccc24)-c2c-3c(-c3ccccc3)c3ccccc3c2-c2ccccc2)=CC(N(c2ccncc2)c2ccc(-c3cccnc3)cc2)C1. The Bertz CT molecular complexity index is 2910. The third kappa shape index (κ3) is 5.50. The molecule has 2 aromatic heterocycles. The summed E-state index contributed by atoms with van der Waals surface area (Å²) < 4.78 is 0. The molecule has 9 aromatic rings. The van der Waals surface area contributed by atoms with E-state index in [4.69, 9.17) is 0 Å². The first kappa shape index (κ1) is 33.0. The molecular formula is C54H37N3. The van der Waals surface area contributed by atoms with E-state index in [0.717, 1.165) is 28.9 Å². The highest BCUT2D eigenvalue weighted by molar-refractivity contribution is 6.28. The summed E-state index contributed by atoms with van der Waals surface area (Å²) in [7, 11) is 0. The molecule has 268 valence electrons.